The van der Waals surface area contributed by atoms with Crippen LogP contribution in [0.4, 0.5) is 5.69 Å². The number of imidazole rings is 1. The third-order valence-electron chi connectivity index (χ3n) is 4.09. The maximum Gasteiger partial charge on any atom is 0.390 e. The van der Waals surface area contributed by atoms with Crippen LogP contribution in [0.5, 0.6) is 0 Å². The molecular formula is C16H21N4O3P. The summed E-state index contributed by atoms with van der Waals surface area (Å²) in [6.45, 7) is 0. The third-order valence-corrected chi connectivity index (χ3v) is 4.87. The number of nitrogens with one attached hydrogen (secondary N) is 2. The number of benzene rings is 1. The molecule has 8 heteroatoms. The largest absolute Gasteiger partial charge is 0.390 e. The van der Waals surface area contributed by atoms with Gasteiger partial charge in [0.25, 0.3) is 0 Å². The molecular weight excluding hydrogens is 327 g/mol. The number of aliphatic imine (C=N–C) groups is 1. The molecule has 1 aliphatic rings. The van der Waals surface area contributed by atoms with E-state index in [1.165, 1.54) is 6.42 Å². The monoisotopic (exact) mass is 348 g/mol. The summed E-state index contributed by atoms with van der Waals surface area (Å²) in [6.07, 6.45) is 8.47. The van der Waals surface area contributed by atoms with E-state index in [0.29, 0.717) is 5.69 Å². The van der Waals surface area contributed by atoms with E-state index in [0.717, 1.165) is 36.9 Å². The van der Waals surface area contributed by atoms with Crippen molar-refractivity contribution in [1.82, 2.24) is 15.3 Å². The van der Waals surface area contributed by atoms with E-state index in [1.807, 2.05) is 6.07 Å². The van der Waals surface area contributed by atoms with Crippen molar-refractivity contribution in [2.75, 3.05) is 0 Å². The van der Waals surface area contributed by atoms with Crippen LogP contribution >= 0.6 is 7.60 Å². The number of amidine groups is 1. The molecule has 0 atom stereocenters. The fraction of sp³-hybridized carbons (Fsp3) is 0.375. The van der Waals surface area contributed by atoms with Crippen molar-refractivity contribution in [3.63, 3.8) is 0 Å². The molecule has 1 fully saturated rings. The van der Waals surface area contributed by atoms with Gasteiger partial charge in [-0.15, -0.1) is 0 Å². The second-order valence-corrected chi connectivity index (χ2v) is 7.48. The lowest BCUT2D eigenvalue weighted by molar-refractivity contribution is 0.381. The number of hydrogen-bond acceptors (Lipinski definition) is 3. The van der Waals surface area contributed by atoms with Crippen molar-refractivity contribution in [2.24, 2.45) is 4.99 Å². The summed E-state index contributed by atoms with van der Waals surface area (Å²) >= 11 is 0. The molecule has 0 bridgehead atoms. The molecule has 1 aromatic carbocycles. The molecule has 3 rings (SSSR count). The number of H-pyrrole nitrogens is 1. The lowest BCUT2D eigenvalue weighted by Gasteiger charge is -2.24. The van der Waals surface area contributed by atoms with Crippen LogP contribution < -0.4 is 5.32 Å². The van der Waals surface area contributed by atoms with E-state index in [9.17, 15) is 14.4 Å². The SMILES string of the molecule is O=P(O)(O)C(=Nc1cccc(-c2c[nH]cn2)c1)NC1CCCCC1. The smallest absolute Gasteiger partial charge is 0.361 e. The van der Waals surface area contributed by atoms with Gasteiger partial charge in [-0.25, -0.2) is 9.98 Å². The van der Waals surface area contributed by atoms with Crippen molar-refractivity contribution >= 4 is 18.9 Å². The molecule has 0 unspecified atom stereocenters. The van der Waals surface area contributed by atoms with Gasteiger partial charge in [0, 0.05) is 17.8 Å². The molecule has 1 aliphatic carbocycles. The molecule has 0 aliphatic heterocycles. The Hall–Kier alpha value is -1.95. The molecule has 0 spiro atoms. The molecule has 0 amide bonds. The molecule has 128 valence electrons. The molecule has 7 nitrogen and oxygen atoms in total. The Morgan fingerprint density at radius 3 is 2.75 bits per heavy atom. The highest BCUT2D eigenvalue weighted by Gasteiger charge is 2.26. The van der Waals surface area contributed by atoms with Gasteiger partial charge in [-0.1, -0.05) is 31.4 Å². The first kappa shape index (κ1) is 16.9. The topological polar surface area (TPSA) is 111 Å². The first-order chi connectivity index (χ1) is 11.5. The van der Waals surface area contributed by atoms with Gasteiger partial charge in [0.2, 0.25) is 5.58 Å². The van der Waals surface area contributed by atoms with E-state index in [1.54, 1.807) is 30.7 Å². The van der Waals surface area contributed by atoms with E-state index in [2.05, 4.69) is 20.3 Å². The summed E-state index contributed by atoms with van der Waals surface area (Å²) in [5, 5.41) is 2.96. The van der Waals surface area contributed by atoms with Gasteiger partial charge in [0.05, 0.1) is 17.7 Å². The average Bonchev–Trinajstić information content (AvgIpc) is 3.09. The van der Waals surface area contributed by atoms with Gasteiger partial charge in [-0.05, 0) is 25.0 Å². The summed E-state index contributed by atoms with van der Waals surface area (Å²) in [5.74, 6) is 0. The third kappa shape index (κ3) is 4.32. The molecule has 0 saturated heterocycles. The lowest BCUT2D eigenvalue weighted by Crippen LogP contribution is -2.36. The van der Waals surface area contributed by atoms with Crippen LogP contribution in [0.25, 0.3) is 11.3 Å². The van der Waals surface area contributed by atoms with Crippen LogP contribution in [0.15, 0.2) is 41.8 Å². The molecule has 24 heavy (non-hydrogen) atoms. The van der Waals surface area contributed by atoms with Gasteiger partial charge in [0.15, 0.2) is 0 Å². The summed E-state index contributed by atoms with van der Waals surface area (Å²) in [5.41, 5.74) is 1.82. The van der Waals surface area contributed by atoms with Crippen LogP contribution in [-0.2, 0) is 4.57 Å². The zero-order valence-corrected chi connectivity index (χ0v) is 14.1. The Bertz CT molecular complexity index is 748. The second kappa shape index (κ2) is 7.30. The Kier molecular flexibility index (Phi) is 5.14. The predicted octanol–water partition coefficient (Wildman–Crippen LogP) is 3.16. The Morgan fingerprint density at radius 1 is 1.29 bits per heavy atom. The molecule has 0 radical (unpaired) electrons. The van der Waals surface area contributed by atoms with Crippen molar-refractivity contribution < 1.29 is 14.4 Å². The number of aromatic nitrogens is 2. The molecule has 4 N–H and O–H groups in total. The number of aromatic amines is 1. The maximum absolute atomic E-state index is 11.8. The second-order valence-electron chi connectivity index (χ2n) is 5.96. The Labute approximate surface area is 140 Å². The zero-order chi connectivity index (χ0) is 17.0. The average molecular weight is 348 g/mol. The van der Waals surface area contributed by atoms with Crippen LogP contribution in [0.1, 0.15) is 32.1 Å². The Morgan fingerprint density at radius 2 is 2.08 bits per heavy atom. The van der Waals surface area contributed by atoms with Gasteiger partial charge < -0.3 is 20.1 Å². The Balaban J connectivity index is 1.87. The fourth-order valence-electron chi connectivity index (χ4n) is 2.89. The highest BCUT2D eigenvalue weighted by Crippen LogP contribution is 2.38. The molecule has 1 saturated carbocycles. The van der Waals surface area contributed by atoms with Crippen molar-refractivity contribution in [3.05, 3.63) is 36.8 Å². The number of rotatable bonds is 4. The molecule has 1 heterocycles. The zero-order valence-electron chi connectivity index (χ0n) is 13.2. The van der Waals surface area contributed by atoms with E-state index >= 15 is 0 Å². The van der Waals surface area contributed by atoms with Crippen LogP contribution in [-0.4, -0.2) is 31.4 Å². The van der Waals surface area contributed by atoms with Crippen molar-refractivity contribution in [2.45, 2.75) is 38.1 Å². The lowest BCUT2D eigenvalue weighted by atomic mass is 9.96. The molecule has 2 aromatic rings. The minimum absolute atomic E-state index is 0.0691. The predicted molar refractivity (Wildman–Crippen MR) is 93.2 cm³/mol. The number of hydrogen-bond donors (Lipinski definition) is 4. The quantitative estimate of drug-likeness (QED) is 0.385. The van der Waals surface area contributed by atoms with E-state index < -0.39 is 7.60 Å². The highest BCUT2D eigenvalue weighted by atomic mass is 31.2. The fourth-order valence-corrected chi connectivity index (χ4v) is 3.48. The van der Waals surface area contributed by atoms with Crippen LogP contribution in [0, 0.1) is 0 Å². The van der Waals surface area contributed by atoms with Gasteiger partial charge in [0.1, 0.15) is 0 Å². The molecule has 1 aromatic heterocycles. The summed E-state index contributed by atoms with van der Waals surface area (Å²) in [6, 6.07) is 7.21. The standard InChI is InChI=1S/C16H21N4O3P/c21-24(22,23)16(19-13-6-2-1-3-7-13)20-14-8-4-5-12(9-14)15-10-17-11-18-15/h4-5,8-11,13H,1-3,6-7H2,(H,17,18)(H,19,20)(H2,21,22,23). The first-order valence-electron chi connectivity index (χ1n) is 8.03. The minimum Gasteiger partial charge on any atom is -0.361 e. The normalized spacial score (nSPS) is 17.0. The van der Waals surface area contributed by atoms with Gasteiger partial charge in [-0.3, -0.25) is 4.57 Å². The summed E-state index contributed by atoms with van der Waals surface area (Å²) in [7, 11) is -4.47. The van der Waals surface area contributed by atoms with Crippen LogP contribution in [0.2, 0.25) is 0 Å². The number of nitrogens with zero attached hydrogens (tertiary/aromatic N) is 2. The van der Waals surface area contributed by atoms with Gasteiger partial charge >= 0.3 is 7.60 Å². The first-order valence-corrected chi connectivity index (χ1v) is 9.64. The van der Waals surface area contributed by atoms with Crippen molar-refractivity contribution in [1.29, 1.82) is 0 Å². The highest BCUT2D eigenvalue weighted by molar-refractivity contribution is 7.70. The minimum atomic E-state index is -4.47. The van der Waals surface area contributed by atoms with E-state index in [-0.39, 0.29) is 11.6 Å². The maximum atomic E-state index is 11.8. The van der Waals surface area contributed by atoms with Crippen molar-refractivity contribution in [3.8, 4) is 11.3 Å². The summed E-state index contributed by atoms with van der Waals surface area (Å²) in [4.78, 5) is 30.5. The summed E-state index contributed by atoms with van der Waals surface area (Å²) < 4.78 is 11.8. The van der Waals surface area contributed by atoms with Crippen LogP contribution in [0.3, 0.4) is 0 Å². The van der Waals surface area contributed by atoms with E-state index in [4.69, 9.17) is 0 Å². The van der Waals surface area contributed by atoms with Gasteiger partial charge in [-0.2, -0.15) is 0 Å².